The highest BCUT2D eigenvalue weighted by Gasteiger charge is 2.29. The van der Waals surface area contributed by atoms with Gasteiger partial charge in [0.15, 0.2) is 0 Å². The van der Waals surface area contributed by atoms with E-state index in [0.717, 1.165) is 52.3 Å². The third-order valence-corrected chi connectivity index (χ3v) is 8.08. The summed E-state index contributed by atoms with van der Waals surface area (Å²) < 4.78 is 42.7. The minimum absolute atomic E-state index is 0.112. The molecule has 1 unspecified atom stereocenters. The fourth-order valence-electron chi connectivity index (χ4n) is 4.49. The standard InChI is InChI=1S/C24H27F3N6S/c1-16-6-7-20-19(12-16)22(32-9-8-18(28)14-32)31-23(30-20)33-10-11-34(29-15-24(25,26)27)21-5-3-2-4-17(21)13-33/h2-7,12,18H,8-11,13-15,28H2,1H3/t18-,34?/m1/s1. The lowest BCUT2D eigenvalue weighted by Gasteiger charge is -2.25. The first-order valence-electron chi connectivity index (χ1n) is 11.3. The molecule has 1 saturated heterocycles. The van der Waals surface area contributed by atoms with Crippen LogP contribution in [0.2, 0.25) is 0 Å². The molecule has 2 aliphatic rings. The number of rotatable bonds is 3. The van der Waals surface area contributed by atoms with Gasteiger partial charge in [0.05, 0.1) is 5.52 Å². The maximum Gasteiger partial charge on any atom is 0.408 e. The third-order valence-electron chi connectivity index (χ3n) is 6.17. The Balaban J connectivity index is 1.55. The van der Waals surface area contributed by atoms with Crippen LogP contribution in [0.3, 0.4) is 0 Å². The van der Waals surface area contributed by atoms with E-state index in [1.165, 1.54) is 0 Å². The predicted molar refractivity (Wildman–Crippen MR) is 130 cm³/mol. The second-order valence-electron chi connectivity index (χ2n) is 8.86. The molecule has 1 aromatic heterocycles. The number of hydrogen-bond acceptors (Lipinski definition) is 6. The molecule has 2 aromatic carbocycles. The minimum atomic E-state index is -4.31. The van der Waals surface area contributed by atoms with Gasteiger partial charge in [-0.3, -0.25) is 4.36 Å². The maximum atomic E-state index is 12.9. The van der Waals surface area contributed by atoms with Crippen molar-refractivity contribution in [2.24, 2.45) is 10.1 Å². The molecule has 5 rings (SSSR count). The van der Waals surface area contributed by atoms with Crippen LogP contribution in [0.25, 0.3) is 10.9 Å². The second-order valence-corrected chi connectivity index (χ2v) is 10.7. The van der Waals surface area contributed by atoms with Gasteiger partial charge in [-0.1, -0.05) is 40.5 Å². The minimum Gasteiger partial charge on any atom is -0.354 e. The summed E-state index contributed by atoms with van der Waals surface area (Å²) in [7, 11) is -0.839. The predicted octanol–water partition coefficient (Wildman–Crippen LogP) is 4.22. The summed E-state index contributed by atoms with van der Waals surface area (Å²) in [5.41, 5.74) is 9.13. The quantitative estimate of drug-likeness (QED) is 0.598. The number of aromatic nitrogens is 2. The highest BCUT2D eigenvalue weighted by molar-refractivity contribution is 7.87. The van der Waals surface area contributed by atoms with Crippen molar-refractivity contribution in [1.82, 2.24) is 9.97 Å². The summed E-state index contributed by atoms with van der Waals surface area (Å²) in [4.78, 5) is 15.0. The van der Waals surface area contributed by atoms with Crippen LogP contribution in [0, 0.1) is 6.92 Å². The number of nitrogens with two attached hydrogens (primary N) is 1. The number of halogens is 3. The molecule has 1 fully saturated rings. The van der Waals surface area contributed by atoms with Crippen molar-refractivity contribution in [2.45, 2.75) is 37.0 Å². The number of aryl methyl sites for hydroxylation is 1. The molecule has 2 aliphatic heterocycles. The van der Waals surface area contributed by atoms with Gasteiger partial charge in [-0.25, -0.2) is 4.98 Å². The van der Waals surface area contributed by atoms with Crippen LogP contribution >= 0.6 is 0 Å². The molecule has 6 nitrogen and oxygen atoms in total. The van der Waals surface area contributed by atoms with Gasteiger partial charge in [0.25, 0.3) is 0 Å². The molecule has 0 bridgehead atoms. The van der Waals surface area contributed by atoms with Gasteiger partial charge in [-0.2, -0.15) is 18.2 Å². The Kier molecular flexibility index (Phi) is 6.20. The van der Waals surface area contributed by atoms with E-state index in [-0.39, 0.29) is 6.04 Å². The lowest BCUT2D eigenvalue weighted by Crippen LogP contribution is -2.30. The van der Waals surface area contributed by atoms with E-state index in [9.17, 15) is 13.2 Å². The maximum absolute atomic E-state index is 12.9. The van der Waals surface area contributed by atoms with Crippen molar-refractivity contribution in [2.75, 3.05) is 41.7 Å². The second kappa shape index (κ2) is 9.14. The zero-order valence-corrected chi connectivity index (χ0v) is 19.7. The van der Waals surface area contributed by atoms with Crippen molar-refractivity contribution >= 4 is 33.4 Å². The largest absolute Gasteiger partial charge is 0.408 e. The highest BCUT2D eigenvalue weighted by atomic mass is 32.2. The number of nitrogens with zero attached hydrogens (tertiary/aromatic N) is 5. The molecule has 180 valence electrons. The van der Waals surface area contributed by atoms with Crippen LogP contribution in [-0.2, 0) is 17.2 Å². The van der Waals surface area contributed by atoms with Crippen molar-refractivity contribution in [3.63, 3.8) is 0 Å². The molecule has 2 N–H and O–H groups in total. The Morgan fingerprint density at radius 3 is 2.71 bits per heavy atom. The van der Waals surface area contributed by atoms with E-state index in [1.54, 1.807) is 0 Å². The molecule has 34 heavy (non-hydrogen) atoms. The molecule has 0 radical (unpaired) electrons. The van der Waals surface area contributed by atoms with Crippen molar-refractivity contribution in [3.05, 3.63) is 53.6 Å². The summed E-state index contributed by atoms with van der Waals surface area (Å²) >= 11 is 0. The van der Waals surface area contributed by atoms with Gasteiger partial charge < -0.3 is 15.5 Å². The fourth-order valence-corrected chi connectivity index (χ4v) is 6.34. The molecular weight excluding hydrogens is 461 g/mol. The van der Waals surface area contributed by atoms with Crippen LogP contribution in [0.1, 0.15) is 17.5 Å². The van der Waals surface area contributed by atoms with Crippen molar-refractivity contribution in [3.8, 4) is 0 Å². The average Bonchev–Trinajstić information content (AvgIpc) is 3.14. The lowest BCUT2D eigenvalue weighted by molar-refractivity contribution is -0.117. The lowest BCUT2D eigenvalue weighted by atomic mass is 10.1. The van der Waals surface area contributed by atoms with E-state index < -0.39 is 23.4 Å². The van der Waals surface area contributed by atoms with Crippen LogP contribution in [0.4, 0.5) is 24.9 Å². The van der Waals surface area contributed by atoms with E-state index in [4.69, 9.17) is 15.7 Å². The molecule has 0 aliphatic carbocycles. The van der Waals surface area contributed by atoms with Crippen LogP contribution < -0.4 is 15.5 Å². The zero-order chi connectivity index (χ0) is 23.9. The molecule has 2 atom stereocenters. The van der Waals surface area contributed by atoms with Gasteiger partial charge in [-0.15, -0.1) is 0 Å². The average molecular weight is 489 g/mol. The van der Waals surface area contributed by atoms with Crippen LogP contribution in [0.5, 0.6) is 0 Å². The molecule has 3 heterocycles. The number of anilines is 2. The summed E-state index contributed by atoms with van der Waals surface area (Å²) in [5, 5.41) is 0.994. The van der Waals surface area contributed by atoms with Crippen molar-refractivity contribution < 1.29 is 13.2 Å². The van der Waals surface area contributed by atoms with E-state index in [0.29, 0.717) is 24.8 Å². The fraction of sp³-hybridized carbons (Fsp3) is 0.417. The van der Waals surface area contributed by atoms with E-state index in [2.05, 4.69) is 20.2 Å². The molecule has 0 spiro atoms. The van der Waals surface area contributed by atoms with Crippen LogP contribution in [-0.4, -0.2) is 54.1 Å². The Morgan fingerprint density at radius 2 is 1.94 bits per heavy atom. The Hall–Kier alpha value is -2.72. The number of fused-ring (bicyclic) bond motifs is 2. The monoisotopic (exact) mass is 488 g/mol. The van der Waals surface area contributed by atoms with Gasteiger partial charge >= 0.3 is 6.18 Å². The first-order chi connectivity index (χ1) is 16.3. The van der Waals surface area contributed by atoms with E-state index >= 15 is 0 Å². The summed E-state index contributed by atoms with van der Waals surface area (Å²) in [6, 6.07) is 13.9. The zero-order valence-electron chi connectivity index (χ0n) is 18.9. The van der Waals surface area contributed by atoms with Crippen molar-refractivity contribution in [1.29, 1.82) is 0 Å². The summed E-state index contributed by atoms with van der Waals surface area (Å²) in [6.07, 6.45) is -3.40. The Labute approximate surface area is 199 Å². The Bertz CT molecular complexity index is 1250. The van der Waals surface area contributed by atoms with Crippen LogP contribution in [0.15, 0.2) is 51.7 Å². The number of hydrogen-bond donors (Lipinski definition) is 1. The molecule has 0 saturated carbocycles. The molecule has 0 amide bonds. The normalized spacial score (nSPS) is 21.2. The first-order valence-corrected chi connectivity index (χ1v) is 12.7. The van der Waals surface area contributed by atoms with Gasteiger partial charge in [-0.05, 0) is 37.1 Å². The number of alkyl halides is 3. The van der Waals surface area contributed by atoms with E-state index in [1.807, 2.05) is 43.3 Å². The van der Waals surface area contributed by atoms with Gasteiger partial charge in [0.2, 0.25) is 5.95 Å². The third kappa shape index (κ3) is 4.88. The topological polar surface area (TPSA) is 70.6 Å². The summed E-state index contributed by atoms with van der Waals surface area (Å²) in [5.74, 6) is 1.95. The smallest absolute Gasteiger partial charge is 0.354 e. The molecule has 10 heteroatoms. The number of benzene rings is 2. The summed E-state index contributed by atoms with van der Waals surface area (Å²) in [6.45, 7) is 3.54. The molecular formula is C24H27F3N6S. The van der Waals surface area contributed by atoms with Gasteiger partial charge in [0, 0.05) is 48.3 Å². The molecule has 3 aromatic rings. The Morgan fingerprint density at radius 1 is 1.12 bits per heavy atom. The van der Waals surface area contributed by atoms with Gasteiger partial charge in [0.1, 0.15) is 12.4 Å². The SMILES string of the molecule is Cc1ccc2nc(N3CCS(=NCC(F)(F)F)c4ccccc4C3)nc(N3CC[C@@H](N)C3)c2c1. The highest BCUT2D eigenvalue weighted by Crippen LogP contribution is 2.31. The first kappa shape index (κ1) is 23.0.